The summed E-state index contributed by atoms with van der Waals surface area (Å²) in [7, 11) is 1.47. The van der Waals surface area contributed by atoms with Crippen LogP contribution in [0, 0.1) is 5.92 Å². The molecule has 0 saturated carbocycles. The molecular weight excluding hydrogens is 270 g/mol. The van der Waals surface area contributed by atoms with Gasteiger partial charge in [0.1, 0.15) is 6.61 Å². The quantitative estimate of drug-likeness (QED) is 0.762. The van der Waals surface area contributed by atoms with E-state index in [-0.39, 0.29) is 30.4 Å². The van der Waals surface area contributed by atoms with Gasteiger partial charge in [-0.2, -0.15) is 0 Å². The summed E-state index contributed by atoms with van der Waals surface area (Å²) in [6.45, 7) is 2.92. The van der Waals surface area contributed by atoms with Crippen LogP contribution in [0.1, 0.15) is 13.3 Å². The second-order valence-corrected chi connectivity index (χ2v) is 5.19. The normalized spacial score (nSPS) is 21.0. The molecule has 2 amide bonds. The molecule has 2 unspecified atom stereocenters. The summed E-state index contributed by atoms with van der Waals surface area (Å²) >= 11 is 0. The van der Waals surface area contributed by atoms with Crippen molar-refractivity contribution in [2.24, 2.45) is 5.92 Å². The Morgan fingerprint density at radius 2 is 1.86 bits per heavy atom. The molecule has 1 aliphatic heterocycles. The summed E-state index contributed by atoms with van der Waals surface area (Å²) in [5, 5.41) is 8.86. The Morgan fingerprint density at radius 1 is 1.24 bits per heavy atom. The van der Waals surface area contributed by atoms with Crippen LogP contribution >= 0.6 is 0 Å². The van der Waals surface area contributed by atoms with Gasteiger partial charge in [0.25, 0.3) is 0 Å². The number of rotatable bonds is 5. The molecule has 21 heavy (non-hydrogen) atoms. The number of benzene rings is 1. The van der Waals surface area contributed by atoms with E-state index in [0.29, 0.717) is 5.69 Å². The van der Waals surface area contributed by atoms with Gasteiger partial charge >= 0.3 is 0 Å². The van der Waals surface area contributed by atoms with E-state index < -0.39 is 0 Å². The number of ether oxygens (including phenoxy) is 1. The average Bonchev–Trinajstić information content (AvgIpc) is 2.87. The van der Waals surface area contributed by atoms with Crippen molar-refractivity contribution in [2.45, 2.75) is 19.4 Å². The lowest BCUT2D eigenvalue weighted by Crippen LogP contribution is -2.32. The number of hydrogen-bond acceptors (Lipinski definition) is 4. The fourth-order valence-corrected chi connectivity index (χ4v) is 2.42. The van der Waals surface area contributed by atoms with Crippen LogP contribution in [0.3, 0.4) is 0 Å². The minimum absolute atomic E-state index is 0.00563. The lowest BCUT2D eigenvalue weighted by atomic mass is 10.0. The maximum atomic E-state index is 12.1. The summed E-state index contributed by atoms with van der Waals surface area (Å²) in [6.07, 6.45) is 0.859. The standard InChI is InChI=1S/C15H21N3O3/c1-10-13(7-8-16-10)15(20)18-12-5-3-11(4-6-12)17-14(19)9-21-2/h3-6,10,13,16H,7-9H2,1-2H3,(H,17,19)(H,18,20). The van der Waals surface area contributed by atoms with E-state index in [1.165, 1.54) is 7.11 Å². The molecule has 1 saturated heterocycles. The molecule has 0 aromatic heterocycles. The number of carbonyl (C=O) groups is 2. The number of methoxy groups -OCH3 is 1. The fourth-order valence-electron chi connectivity index (χ4n) is 2.42. The molecule has 1 aromatic carbocycles. The van der Waals surface area contributed by atoms with Gasteiger partial charge in [-0.1, -0.05) is 0 Å². The number of anilines is 2. The van der Waals surface area contributed by atoms with E-state index >= 15 is 0 Å². The molecule has 0 aliphatic carbocycles. The maximum absolute atomic E-state index is 12.1. The fraction of sp³-hybridized carbons (Fsp3) is 0.467. The Morgan fingerprint density at radius 3 is 2.38 bits per heavy atom. The highest BCUT2D eigenvalue weighted by molar-refractivity contribution is 5.94. The van der Waals surface area contributed by atoms with Crippen molar-refractivity contribution in [1.29, 1.82) is 0 Å². The van der Waals surface area contributed by atoms with Gasteiger partial charge in [-0.3, -0.25) is 9.59 Å². The molecule has 0 bridgehead atoms. The first-order chi connectivity index (χ1) is 10.1. The van der Waals surface area contributed by atoms with Crippen LogP contribution in [0.4, 0.5) is 11.4 Å². The number of nitrogens with one attached hydrogen (secondary N) is 3. The largest absolute Gasteiger partial charge is 0.375 e. The predicted molar refractivity (Wildman–Crippen MR) is 81.1 cm³/mol. The second kappa shape index (κ2) is 7.19. The Labute approximate surface area is 124 Å². The minimum atomic E-state index is -0.208. The molecule has 6 nitrogen and oxygen atoms in total. The lowest BCUT2D eigenvalue weighted by molar-refractivity contribution is -0.120. The van der Waals surface area contributed by atoms with E-state index in [0.717, 1.165) is 18.7 Å². The molecule has 6 heteroatoms. The summed E-state index contributed by atoms with van der Waals surface area (Å²) in [5.41, 5.74) is 1.40. The van der Waals surface area contributed by atoms with Gasteiger partial charge in [0.05, 0.1) is 5.92 Å². The second-order valence-electron chi connectivity index (χ2n) is 5.19. The molecule has 3 N–H and O–H groups in total. The first-order valence-electron chi connectivity index (χ1n) is 7.03. The Balaban J connectivity index is 1.90. The maximum Gasteiger partial charge on any atom is 0.250 e. The predicted octanol–water partition coefficient (Wildman–Crippen LogP) is 1.21. The molecule has 2 rings (SSSR count). The summed E-state index contributed by atoms with van der Waals surface area (Å²) in [4.78, 5) is 23.5. The van der Waals surface area contributed by atoms with Crippen molar-refractivity contribution < 1.29 is 14.3 Å². The van der Waals surface area contributed by atoms with Crippen molar-refractivity contribution in [3.8, 4) is 0 Å². The molecular formula is C15H21N3O3. The van der Waals surface area contributed by atoms with Gasteiger partial charge in [0.2, 0.25) is 11.8 Å². The number of carbonyl (C=O) groups excluding carboxylic acids is 2. The van der Waals surface area contributed by atoms with Crippen molar-refractivity contribution >= 4 is 23.2 Å². The summed E-state index contributed by atoms with van der Waals surface area (Å²) in [5.74, 6) is -0.171. The molecule has 1 aromatic rings. The highest BCUT2D eigenvalue weighted by atomic mass is 16.5. The van der Waals surface area contributed by atoms with Crippen LogP contribution in [0.5, 0.6) is 0 Å². The SMILES string of the molecule is COCC(=O)Nc1ccc(NC(=O)C2CCNC2C)cc1. The van der Waals surface area contributed by atoms with Crippen molar-refractivity contribution in [2.75, 3.05) is 30.9 Å². The van der Waals surface area contributed by atoms with Crippen LogP contribution in [0.15, 0.2) is 24.3 Å². The summed E-state index contributed by atoms with van der Waals surface area (Å²) in [6, 6.07) is 7.25. The molecule has 0 spiro atoms. The van der Waals surface area contributed by atoms with Gasteiger partial charge in [-0.25, -0.2) is 0 Å². The molecule has 2 atom stereocenters. The Bertz CT molecular complexity index is 501. The van der Waals surface area contributed by atoms with E-state index in [4.69, 9.17) is 4.74 Å². The monoisotopic (exact) mass is 291 g/mol. The zero-order valence-electron chi connectivity index (χ0n) is 12.3. The molecule has 114 valence electrons. The molecule has 1 aliphatic rings. The van der Waals surface area contributed by atoms with Crippen LogP contribution in [-0.2, 0) is 14.3 Å². The lowest BCUT2D eigenvalue weighted by Gasteiger charge is -2.15. The van der Waals surface area contributed by atoms with Gasteiger partial charge in [-0.15, -0.1) is 0 Å². The number of hydrogen-bond donors (Lipinski definition) is 3. The highest BCUT2D eigenvalue weighted by Gasteiger charge is 2.29. The number of amides is 2. The zero-order valence-corrected chi connectivity index (χ0v) is 12.3. The van der Waals surface area contributed by atoms with Crippen LogP contribution < -0.4 is 16.0 Å². The van der Waals surface area contributed by atoms with Gasteiger partial charge in [-0.05, 0) is 44.2 Å². The van der Waals surface area contributed by atoms with E-state index in [1.54, 1.807) is 24.3 Å². The minimum Gasteiger partial charge on any atom is -0.375 e. The highest BCUT2D eigenvalue weighted by Crippen LogP contribution is 2.19. The van der Waals surface area contributed by atoms with E-state index in [2.05, 4.69) is 16.0 Å². The van der Waals surface area contributed by atoms with E-state index in [1.807, 2.05) is 6.92 Å². The van der Waals surface area contributed by atoms with Crippen molar-refractivity contribution in [3.63, 3.8) is 0 Å². The zero-order chi connectivity index (χ0) is 15.2. The van der Waals surface area contributed by atoms with E-state index in [9.17, 15) is 9.59 Å². The van der Waals surface area contributed by atoms with Gasteiger partial charge in [0.15, 0.2) is 0 Å². The first kappa shape index (κ1) is 15.5. The van der Waals surface area contributed by atoms with Crippen molar-refractivity contribution in [3.05, 3.63) is 24.3 Å². The first-order valence-corrected chi connectivity index (χ1v) is 7.03. The Hall–Kier alpha value is -1.92. The average molecular weight is 291 g/mol. The molecule has 1 heterocycles. The third-order valence-electron chi connectivity index (χ3n) is 3.57. The summed E-state index contributed by atoms with van der Waals surface area (Å²) < 4.78 is 4.74. The van der Waals surface area contributed by atoms with Gasteiger partial charge < -0.3 is 20.7 Å². The topological polar surface area (TPSA) is 79.5 Å². The van der Waals surface area contributed by atoms with Crippen LogP contribution in [0.2, 0.25) is 0 Å². The molecule has 0 radical (unpaired) electrons. The van der Waals surface area contributed by atoms with Crippen LogP contribution in [0.25, 0.3) is 0 Å². The van der Waals surface area contributed by atoms with Crippen molar-refractivity contribution in [1.82, 2.24) is 5.32 Å². The Kier molecular flexibility index (Phi) is 5.30. The smallest absolute Gasteiger partial charge is 0.250 e. The third-order valence-corrected chi connectivity index (χ3v) is 3.57. The molecule has 1 fully saturated rings. The van der Waals surface area contributed by atoms with Crippen LogP contribution in [-0.4, -0.2) is 38.1 Å². The van der Waals surface area contributed by atoms with Gasteiger partial charge in [0, 0.05) is 24.5 Å². The third kappa shape index (κ3) is 4.27.